The zero-order chi connectivity index (χ0) is 10.1. The first-order valence-electron chi connectivity index (χ1n) is 5.00. The van der Waals surface area contributed by atoms with Gasteiger partial charge >= 0.3 is 5.97 Å². The molecule has 0 spiro atoms. The zero-order valence-electron chi connectivity index (χ0n) is 8.71. The molecular weight excluding hydrogens is 164 g/mol. The van der Waals surface area contributed by atoms with E-state index in [-0.39, 0.29) is 12.1 Å². The van der Waals surface area contributed by atoms with Crippen molar-refractivity contribution < 1.29 is 9.53 Å². The summed E-state index contributed by atoms with van der Waals surface area (Å²) in [6.07, 6.45) is 7.32. The molecule has 0 aromatic heterocycles. The van der Waals surface area contributed by atoms with Crippen molar-refractivity contribution in [3.8, 4) is 0 Å². The Balaban J connectivity index is 3.48. The van der Waals surface area contributed by atoms with E-state index in [1.165, 1.54) is 26.2 Å². The van der Waals surface area contributed by atoms with Gasteiger partial charge in [0.25, 0.3) is 0 Å². The molecular formula is C11H20O2. The smallest absolute Gasteiger partial charge is 0.303 e. The summed E-state index contributed by atoms with van der Waals surface area (Å²) in [5, 5.41) is 0. The molecule has 0 saturated carbocycles. The molecule has 0 aliphatic carbocycles. The molecule has 0 heterocycles. The molecule has 0 fully saturated rings. The van der Waals surface area contributed by atoms with Gasteiger partial charge in [0, 0.05) is 6.92 Å². The van der Waals surface area contributed by atoms with Crippen molar-refractivity contribution in [2.75, 3.05) is 0 Å². The largest absolute Gasteiger partial charge is 0.458 e. The first-order valence-corrected chi connectivity index (χ1v) is 5.00. The Hall–Kier alpha value is -0.790. The van der Waals surface area contributed by atoms with E-state index in [1.807, 2.05) is 0 Å². The normalized spacial score (nSPS) is 12.2. The predicted molar refractivity (Wildman–Crippen MR) is 54.5 cm³/mol. The van der Waals surface area contributed by atoms with Crippen LogP contribution in [0.2, 0.25) is 0 Å². The summed E-state index contributed by atoms with van der Waals surface area (Å²) in [6.45, 7) is 7.25. The Morgan fingerprint density at radius 1 is 1.46 bits per heavy atom. The number of hydrogen-bond acceptors (Lipinski definition) is 2. The molecule has 76 valence electrons. The fraction of sp³-hybridized carbons (Fsp3) is 0.727. The Labute approximate surface area is 81.0 Å². The molecule has 1 atom stereocenters. The topological polar surface area (TPSA) is 26.3 Å². The van der Waals surface area contributed by atoms with Crippen LogP contribution in [0, 0.1) is 0 Å². The van der Waals surface area contributed by atoms with Crippen LogP contribution in [0.3, 0.4) is 0 Å². The lowest BCUT2D eigenvalue weighted by Gasteiger charge is -2.11. The molecule has 2 heteroatoms. The van der Waals surface area contributed by atoms with Crippen LogP contribution in [0.5, 0.6) is 0 Å². The van der Waals surface area contributed by atoms with Gasteiger partial charge in [-0.25, -0.2) is 0 Å². The number of ether oxygens (including phenoxy) is 1. The summed E-state index contributed by atoms with van der Waals surface area (Å²) < 4.78 is 5.02. The van der Waals surface area contributed by atoms with Gasteiger partial charge < -0.3 is 4.74 Å². The molecule has 0 aliphatic rings. The molecule has 0 N–H and O–H groups in total. The first kappa shape index (κ1) is 12.2. The molecule has 0 radical (unpaired) electrons. The molecule has 13 heavy (non-hydrogen) atoms. The molecule has 0 aromatic rings. The van der Waals surface area contributed by atoms with Crippen molar-refractivity contribution in [2.45, 2.75) is 52.1 Å². The van der Waals surface area contributed by atoms with E-state index >= 15 is 0 Å². The van der Waals surface area contributed by atoms with Gasteiger partial charge in [-0.2, -0.15) is 0 Å². The van der Waals surface area contributed by atoms with Crippen LogP contribution >= 0.6 is 0 Å². The number of carbonyl (C=O) groups is 1. The van der Waals surface area contributed by atoms with Gasteiger partial charge in [0.05, 0.1) is 0 Å². The third-order valence-corrected chi connectivity index (χ3v) is 1.92. The second-order valence-electron chi connectivity index (χ2n) is 3.23. The lowest BCUT2D eigenvalue weighted by molar-refractivity contribution is -0.144. The van der Waals surface area contributed by atoms with Gasteiger partial charge in [-0.15, -0.1) is 0 Å². The molecule has 2 nitrogen and oxygen atoms in total. The van der Waals surface area contributed by atoms with E-state index in [2.05, 4.69) is 13.5 Å². The molecule has 0 aromatic carbocycles. The first-order chi connectivity index (χ1) is 6.20. The maximum atomic E-state index is 10.6. The van der Waals surface area contributed by atoms with Crippen molar-refractivity contribution in [3.05, 3.63) is 12.7 Å². The van der Waals surface area contributed by atoms with E-state index in [1.54, 1.807) is 6.08 Å². The molecule has 0 saturated heterocycles. The number of hydrogen-bond donors (Lipinski definition) is 0. The highest BCUT2D eigenvalue weighted by Crippen LogP contribution is 2.09. The van der Waals surface area contributed by atoms with Crippen LogP contribution in [-0.2, 0) is 9.53 Å². The minimum absolute atomic E-state index is 0.0886. The molecule has 0 unspecified atom stereocenters. The van der Waals surface area contributed by atoms with Gasteiger partial charge in [-0.05, 0) is 12.8 Å². The van der Waals surface area contributed by atoms with Crippen LogP contribution in [0.1, 0.15) is 46.0 Å². The van der Waals surface area contributed by atoms with Crippen molar-refractivity contribution >= 4 is 5.97 Å². The zero-order valence-corrected chi connectivity index (χ0v) is 8.71. The minimum Gasteiger partial charge on any atom is -0.458 e. The highest BCUT2D eigenvalue weighted by atomic mass is 16.5. The second-order valence-corrected chi connectivity index (χ2v) is 3.23. The Morgan fingerprint density at radius 3 is 2.62 bits per heavy atom. The summed E-state index contributed by atoms with van der Waals surface area (Å²) in [5.41, 5.74) is 0. The van der Waals surface area contributed by atoms with Gasteiger partial charge in [0.2, 0.25) is 0 Å². The summed E-state index contributed by atoms with van der Waals surface area (Å²) in [7, 11) is 0. The van der Waals surface area contributed by atoms with Crippen LogP contribution in [-0.4, -0.2) is 12.1 Å². The van der Waals surface area contributed by atoms with Gasteiger partial charge in [-0.1, -0.05) is 38.8 Å². The summed E-state index contributed by atoms with van der Waals surface area (Å²) >= 11 is 0. The third kappa shape index (κ3) is 7.57. The average Bonchev–Trinajstić information content (AvgIpc) is 2.09. The Morgan fingerprint density at radius 2 is 2.15 bits per heavy atom. The summed E-state index contributed by atoms with van der Waals surface area (Å²) in [4.78, 5) is 10.6. The molecule has 0 bridgehead atoms. The monoisotopic (exact) mass is 184 g/mol. The quantitative estimate of drug-likeness (QED) is 0.345. The Bertz CT molecular complexity index is 152. The average molecular weight is 184 g/mol. The van der Waals surface area contributed by atoms with Crippen LogP contribution < -0.4 is 0 Å². The minimum atomic E-state index is -0.222. The summed E-state index contributed by atoms with van der Waals surface area (Å²) in [5.74, 6) is -0.222. The second kappa shape index (κ2) is 7.84. The standard InChI is InChI=1S/C11H20O2/c1-4-6-7-8-9-11(5-2)13-10(3)12/h5,11H,2,4,6-9H2,1,3H3/t11-/m1/s1. The van der Waals surface area contributed by atoms with Crippen molar-refractivity contribution in [1.29, 1.82) is 0 Å². The summed E-state index contributed by atoms with van der Waals surface area (Å²) in [6, 6.07) is 0. The number of unbranched alkanes of at least 4 members (excludes halogenated alkanes) is 3. The lowest BCUT2D eigenvalue weighted by atomic mass is 10.1. The molecule has 0 aliphatic heterocycles. The van der Waals surface area contributed by atoms with E-state index in [4.69, 9.17) is 4.74 Å². The van der Waals surface area contributed by atoms with Crippen molar-refractivity contribution in [2.24, 2.45) is 0 Å². The maximum Gasteiger partial charge on any atom is 0.303 e. The van der Waals surface area contributed by atoms with E-state index in [0.29, 0.717) is 0 Å². The fourth-order valence-electron chi connectivity index (χ4n) is 1.21. The van der Waals surface area contributed by atoms with Crippen molar-refractivity contribution in [1.82, 2.24) is 0 Å². The maximum absolute atomic E-state index is 10.6. The SMILES string of the molecule is C=C[C@H](CCCCCC)OC(C)=O. The molecule has 0 amide bonds. The van der Waals surface area contributed by atoms with E-state index in [0.717, 1.165) is 12.8 Å². The highest BCUT2D eigenvalue weighted by molar-refractivity contribution is 5.66. The third-order valence-electron chi connectivity index (χ3n) is 1.92. The lowest BCUT2D eigenvalue weighted by Crippen LogP contribution is -2.13. The van der Waals surface area contributed by atoms with Crippen LogP contribution in [0.4, 0.5) is 0 Å². The number of rotatable bonds is 7. The number of esters is 1. The highest BCUT2D eigenvalue weighted by Gasteiger charge is 2.05. The molecule has 0 rings (SSSR count). The van der Waals surface area contributed by atoms with E-state index in [9.17, 15) is 4.79 Å². The Kier molecular flexibility index (Phi) is 7.36. The number of carbonyl (C=O) groups excluding carboxylic acids is 1. The van der Waals surface area contributed by atoms with Crippen molar-refractivity contribution in [3.63, 3.8) is 0 Å². The van der Waals surface area contributed by atoms with Crippen LogP contribution in [0.25, 0.3) is 0 Å². The fourth-order valence-corrected chi connectivity index (χ4v) is 1.21. The van der Waals surface area contributed by atoms with Gasteiger partial charge in [0.15, 0.2) is 0 Å². The van der Waals surface area contributed by atoms with E-state index < -0.39 is 0 Å². The van der Waals surface area contributed by atoms with Crippen LogP contribution in [0.15, 0.2) is 12.7 Å². The van der Waals surface area contributed by atoms with Gasteiger partial charge in [0.1, 0.15) is 6.10 Å². The van der Waals surface area contributed by atoms with Gasteiger partial charge in [-0.3, -0.25) is 4.79 Å². The predicted octanol–water partition coefficient (Wildman–Crippen LogP) is 3.07.